The zero-order valence-electron chi connectivity index (χ0n) is 11.4. The second-order valence-corrected chi connectivity index (χ2v) is 4.98. The Morgan fingerprint density at radius 1 is 1.24 bits per heavy atom. The van der Waals surface area contributed by atoms with E-state index in [9.17, 15) is 0 Å². The second-order valence-electron chi connectivity index (χ2n) is 4.98. The highest BCUT2D eigenvalue weighted by atomic mass is 16.5. The average Bonchev–Trinajstić information content (AvgIpc) is 2.30. The summed E-state index contributed by atoms with van der Waals surface area (Å²) in [5.74, 6) is 0. The minimum absolute atomic E-state index is 0.415. The van der Waals surface area contributed by atoms with Crippen LogP contribution in [-0.2, 0) is 9.47 Å². The Morgan fingerprint density at radius 2 is 2.06 bits per heavy atom. The smallest absolute Gasteiger partial charge is 0.0700 e. The molecule has 4 nitrogen and oxygen atoms in total. The molecular formula is C13H28N2O2. The Kier molecular flexibility index (Phi) is 7.77. The van der Waals surface area contributed by atoms with Crippen LogP contribution in [0, 0.1) is 0 Å². The van der Waals surface area contributed by atoms with Crippen molar-refractivity contribution in [3.8, 4) is 0 Å². The van der Waals surface area contributed by atoms with Gasteiger partial charge in [-0.15, -0.1) is 0 Å². The average molecular weight is 244 g/mol. The summed E-state index contributed by atoms with van der Waals surface area (Å²) in [7, 11) is 1.70. The van der Waals surface area contributed by atoms with Crippen molar-refractivity contribution in [2.45, 2.75) is 44.7 Å². The quantitative estimate of drug-likeness (QED) is 0.653. The Balaban J connectivity index is 1.95. The standard InChI is InChI=1S/C13H28N2O2/c1-12-11-13(14)5-7-15(12)6-3-4-8-17-10-9-16-2/h12-13H,3-11,14H2,1-2H3. The van der Waals surface area contributed by atoms with Crippen LogP contribution in [0.4, 0.5) is 0 Å². The number of unbranched alkanes of at least 4 members (excludes halogenated alkanes) is 1. The van der Waals surface area contributed by atoms with Gasteiger partial charge in [0.05, 0.1) is 13.2 Å². The van der Waals surface area contributed by atoms with Gasteiger partial charge in [0.1, 0.15) is 0 Å². The first-order valence-electron chi connectivity index (χ1n) is 6.80. The summed E-state index contributed by atoms with van der Waals surface area (Å²) in [6.45, 7) is 6.89. The lowest BCUT2D eigenvalue weighted by molar-refractivity contribution is 0.0658. The Labute approximate surface area is 105 Å². The minimum Gasteiger partial charge on any atom is -0.382 e. The van der Waals surface area contributed by atoms with Crippen LogP contribution in [0.25, 0.3) is 0 Å². The molecule has 0 spiro atoms. The Hall–Kier alpha value is -0.160. The van der Waals surface area contributed by atoms with Crippen LogP contribution in [0.3, 0.4) is 0 Å². The van der Waals surface area contributed by atoms with Gasteiger partial charge in [0.2, 0.25) is 0 Å². The number of nitrogens with two attached hydrogens (primary N) is 1. The monoisotopic (exact) mass is 244 g/mol. The van der Waals surface area contributed by atoms with E-state index in [0.717, 1.165) is 32.4 Å². The molecule has 1 rings (SSSR count). The fourth-order valence-electron chi connectivity index (χ4n) is 2.35. The molecule has 1 aliphatic rings. The largest absolute Gasteiger partial charge is 0.382 e. The SMILES string of the molecule is COCCOCCCCN1CCC(N)CC1C. The van der Waals surface area contributed by atoms with Crippen LogP contribution in [0.15, 0.2) is 0 Å². The van der Waals surface area contributed by atoms with Gasteiger partial charge in [-0.1, -0.05) is 0 Å². The van der Waals surface area contributed by atoms with Crippen LogP contribution >= 0.6 is 0 Å². The third kappa shape index (κ3) is 6.36. The number of likely N-dealkylation sites (tertiary alicyclic amines) is 1. The second kappa shape index (κ2) is 8.86. The van der Waals surface area contributed by atoms with Gasteiger partial charge < -0.3 is 20.1 Å². The lowest BCUT2D eigenvalue weighted by atomic mass is 9.99. The number of hydrogen-bond donors (Lipinski definition) is 1. The van der Waals surface area contributed by atoms with Crippen molar-refractivity contribution in [3.05, 3.63) is 0 Å². The van der Waals surface area contributed by atoms with Crippen molar-refractivity contribution < 1.29 is 9.47 Å². The van der Waals surface area contributed by atoms with E-state index in [1.54, 1.807) is 7.11 Å². The topological polar surface area (TPSA) is 47.7 Å². The van der Waals surface area contributed by atoms with Gasteiger partial charge in [0.25, 0.3) is 0 Å². The zero-order valence-corrected chi connectivity index (χ0v) is 11.4. The van der Waals surface area contributed by atoms with E-state index in [2.05, 4.69) is 11.8 Å². The van der Waals surface area contributed by atoms with Crippen LogP contribution in [-0.4, -0.2) is 57.0 Å². The molecule has 0 bridgehead atoms. The van der Waals surface area contributed by atoms with Crippen LogP contribution in [0.2, 0.25) is 0 Å². The Bertz CT molecular complexity index is 190. The number of ether oxygens (including phenoxy) is 2. The third-order valence-electron chi connectivity index (χ3n) is 3.47. The van der Waals surface area contributed by atoms with Crippen molar-refractivity contribution in [2.24, 2.45) is 5.73 Å². The molecule has 4 heteroatoms. The molecule has 0 aliphatic carbocycles. The van der Waals surface area contributed by atoms with Crippen molar-refractivity contribution in [3.63, 3.8) is 0 Å². The summed E-state index contributed by atoms with van der Waals surface area (Å²) in [4.78, 5) is 2.55. The first-order valence-corrected chi connectivity index (χ1v) is 6.80. The molecule has 1 fully saturated rings. The summed E-state index contributed by atoms with van der Waals surface area (Å²) in [5.41, 5.74) is 5.95. The summed E-state index contributed by atoms with van der Waals surface area (Å²) in [6.07, 6.45) is 4.64. The predicted octanol–water partition coefficient (Wildman–Crippen LogP) is 1.24. The maximum Gasteiger partial charge on any atom is 0.0700 e. The molecule has 1 aliphatic heterocycles. The van der Waals surface area contributed by atoms with Crippen LogP contribution < -0.4 is 5.73 Å². The van der Waals surface area contributed by atoms with E-state index in [0.29, 0.717) is 25.3 Å². The number of methoxy groups -OCH3 is 1. The number of nitrogens with zero attached hydrogens (tertiary/aromatic N) is 1. The van der Waals surface area contributed by atoms with Gasteiger partial charge in [0, 0.05) is 25.8 Å². The van der Waals surface area contributed by atoms with E-state index in [-0.39, 0.29) is 0 Å². The number of hydrogen-bond acceptors (Lipinski definition) is 4. The first kappa shape index (κ1) is 14.9. The molecular weight excluding hydrogens is 216 g/mol. The fraction of sp³-hybridized carbons (Fsp3) is 1.00. The van der Waals surface area contributed by atoms with Gasteiger partial charge >= 0.3 is 0 Å². The number of piperidine rings is 1. The van der Waals surface area contributed by atoms with E-state index < -0.39 is 0 Å². The molecule has 0 aromatic rings. The van der Waals surface area contributed by atoms with E-state index >= 15 is 0 Å². The summed E-state index contributed by atoms with van der Waals surface area (Å²) in [5, 5.41) is 0. The van der Waals surface area contributed by atoms with Gasteiger partial charge in [0.15, 0.2) is 0 Å². The first-order chi connectivity index (χ1) is 8.24. The lowest BCUT2D eigenvalue weighted by Crippen LogP contribution is -2.45. The molecule has 0 aromatic heterocycles. The van der Waals surface area contributed by atoms with E-state index in [4.69, 9.17) is 15.2 Å². The molecule has 102 valence electrons. The van der Waals surface area contributed by atoms with Gasteiger partial charge in [-0.05, 0) is 45.7 Å². The normalized spacial score (nSPS) is 26.3. The molecule has 0 amide bonds. The summed E-state index contributed by atoms with van der Waals surface area (Å²) in [6, 6.07) is 1.06. The molecule has 17 heavy (non-hydrogen) atoms. The van der Waals surface area contributed by atoms with E-state index in [1.807, 2.05) is 0 Å². The molecule has 2 unspecified atom stereocenters. The van der Waals surface area contributed by atoms with Gasteiger partial charge in [-0.25, -0.2) is 0 Å². The van der Waals surface area contributed by atoms with E-state index in [1.165, 1.54) is 13.0 Å². The summed E-state index contributed by atoms with van der Waals surface area (Å²) < 4.78 is 10.4. The zero-order chi connectivity index (χ0) is 12.5. The highest BCUT2D eigenvalue weighted by Gasteiger charge is 2.22. The van der Waals surface area contributed by atoms with Crippen molar-refractivity contribution in [1.29, 1.82) is 0 Å². The molecule has 1 saturated heterocycles. The molecule has 0 radical (unpaired) electrons. The maximum absolute atomic E-state index is 5.95. The molecule has 0 saturated carbocycles. The summed E-state index contributed by atoms with van der Waals surface area (Å²) >= 11 is 0. The molecule has 0 aromatic carbocycles. The lowest BCUT2D eigenvalue weighted by Gasteiger charge is -2.36. The van der Waals surface area contributed by atoms with Crippen molar-refractivity contribution in [2.75, 3.05) is 40.0 Å². The van der Waals surface area contributed by atoms with Gasteiger partial charge in [-0.3, -0.25) is 0 Å². The fourth-order valence-corrected chi connectivity index (χ4v) is 2.35. The molecule has 1 heterocycles. The third-order valence-corrected chi connectivity index (χ3v) is 3.47. The van der Waals surface area contributed by atoms with Crippen molar-refractivity contribution in [1.82, 2.24) is 4.90 Å². The molecule has 2 atom stereocenters. The highest BCUT2D eigenvalue weighted by molar-refractivity contribution is 4.80. The number of rotatable bonds is 8. The minimum atomic E-state index is 0.415. The maximum atomic E-state index is 5.95. The van der Waals surface area contributed by atoms with Gasteiger partial charge in [-0.2, -0.15) is 0 Å². The van der Waals surface area contributed by atoms with Crippen LogP contribution in [0.1, 0.15) is 32.6 Å². The van der Waals surface area contributed by atoms with Crippen molar-refractivity contribution >= 4 is 0 Å². The Morgan fingerprint density at radius 3 is 2.76 bits per heavy atom. The molecule has 2 N–H and O–H groups in total. The van der Waals surface area contributed by atoms with Crippen LogP contribution in [0.5, 0.6) is 0 Å². The highest BCUT2D eigenvalue weighted by Crippen LogP contribution is 2.16. The predicted molar refractivity (Wildman–Crippen MR) is 70.2 cm³/mol.